The number of hydrogen-bond acceptors (Lipinski definition) is 3. The van der Waals surface area contributed by atoms with Gasteiger partial charge in [0.25, 0.3) is 5.91 Å². The van der Waals surface area contributed by atoms with E-state index in [4.69, 9.17) is 0 Å². The molecule has 0 heterocycles. The summed E-state index contributed by atoms with van der Waals surface area (Å²) < 4.78 is 0. The van der Waals surface area contributed by atoms with E-state index in [2.05, 4.69) is 10.6 Å². The molecule has 0 saturated carbocycles. The number of carbonyl (C=O) groups excluding carboxylic acids is 2. The molecule has 0 fully saturated rings. The zero-order chi connectivity index (χ0) is 16.7. The lowest BCUT2D eigenvalue weighted by Gasteiger charge is -2.09. The number of aryl methyl sites for hydroxylation is 1. The maximum absolute atomic E-state index is 12.0. The summed E-state index contributed by atoms with van der Waals surface area (Å²) in [5.41, 5.74) is 2.33. The average Bonchev–Trinajstić information content (AvgIpc) is 2.55. The average molecular weight is 328 g/mol. The van der Waals surface area contributed by atoms with Crippen molar-refractivity contribution in [2.24, 2.45) is 0 Å². The van der Waals surface area contributed by atoms with Crippen LogP contribution in [0.1, 0.15) is 22.3 Å². The SMILES string of the molecule is CSc1cccc(NC(=O)CCNC(=O)c2ccccc2C)c1. The van der Waals surface area contributed by atoms with Crippen molar-refractivity contribution in [1.29, 1.82) is 0 Å². The smallest absolute Gasteiger partial charge is 0.251 e. The normalized spacial score (nSPS) is 10.2. The first-order valence-electron chi connectivity index (χ1n) is 7.38. The van der Waals surface area contributed by atoms with Crippen molar-refractivity contribution in [3.63, 3.8) is 0 Å². The predicted molar refractivity (Wildman–Crippen MR) is 95.0 cm³/mol. The van der Waals surface area contributed by atoms with E-state index in [1.807, 2.05) is 55.6 Å². The molecule has 0 aliphatic rings. The highest BCUT2D eigenvalue weighted by Crippen LogP contribution is 2.18. The molecule has 0 aliphatic carbocycles. The molecule has 5 heteroatoms. The van der Waals surface area contributed by atoms with Crippen molar-refractivity contribution in [2.75, 3.05) is 18.1 Å². The van der Waals surface area contributed by atoms with Crippen molar-refractivity contribution < 1.29 is 9.59 Å². The number of hydrogen-bond donors (Lipinski definition) is 2. The Morgan fingerprint density at radius 2 is 1.87 bits per heavy atom. The van der Waals surface area contributed by atoms with Gasteiger partial charge in [0.1, 0.15) is 0 Å². The highest BCUT2D eigenvalue weighted by molar-refractivity contribution is 7.98. The first-order valence-corrected chi connectivity index (χ1v) is 8.60. The van der Waals surface area contributed by atoms with Crippen LogP contribution in [0.3, 0.4) is 0 Å². The number of anilines is 1. The third-order valence-corrected chi connectivity index (χ3v) is 4.11. The van der Waals surface area contributed by atoms with Gasteiger partial charge in [-0.1, -0.05) is 24.3 Å². The molecule has 0 atom stereocenters. The second-order valence-electron chi connectivity index (χ2n) is 5.10. The Kier molecular flexibility index (Phi) is 6.23. The Bertz CT molecular complexity index is 701. The van der Waals surface area contributed by atoms with Crippen LogP contribution in [0.2, 0.25) is 0 Å². The fourth-order valence-corrected chi connectivity index (χ4v) is 2.60. The predicted octanol–water partition coefficient (Wildman–Crippen LogP) is 3.48. The number of carbonyl (C=O) groups is 2. The van der Waals surface area contributed by atoms with Crippen molar-refractivity contribution in [1.82, 2.24) is 5.32 Å². The third-order valence-electron chi connectivity index (χ3n) is 3.38. The number of amides is 2. The summed E-state index contributed by atoms with van der Waals surface area (Å²) in [4.78, 5) is 25.1. The molecule has 2 aromatic carbocycles. The molecule has 0 bridgehead atoms. The minimum absolute atomic E-state index is 0.117. The van der Waals surface area contributed by atoms with E-state index in [1.54, 1.807) is 17.8 Å². The highest BCUT2D eigenvalue weighted by atomic mass is 32.2. The summed E-state index contributed by atoms with van der Waals surface area (Å²) in [6.45, 7) is 2.20. The minimum Gasteiger partial charge on any atom is -0.352 e. The summed E-state index contributed by atoms with van der Waals surface area (Å²) in [6.07, 6.45) is 2.23. The van der Waals surface area contributed by atoms with E-state index in [0.29, 0.717) is 12.1 Å². The van der Waals surface area contributed by atoms with Gasteiger partial charge >= 0.3 is 0 Å². The van der Waals surface area contributed by atoms with Gasteiger partial charge in [-0.25, -0.2) is 0 Å². The summed E-state index contributed by atoms with van der Waals surface area (Å²) in [5, 5.41) is 5.61. The van der Waals surface area contributed by atoms with Crippen LogP contribution in [0, 0.1) is 6.92 Å². The Morgan fingerprint density at radius 1 is 1.09 bits per heavy atom. The molecule has 0 radical (unpaired) electrons. The summed E-state index contributed by atoms with van der Waals surface area (Å²) in [5.74, 6) is -0.270. The lowest BCUT2D eigenvalue weighted by Crippen LogP contribution is -2.28. The maximum atomic E-state index is 12.0. The van der Waals surface area contributed by atoms with E-state index in [1.165, 1.54) is 0 Å². The molecule has 2 aromatic rings. The van der Waals surface area contributed by atoms with Gasteiger partial charge in [0.15, 0.2) is 0 Å². The van der Waals surface area contributed by atoms with Gasteiger partial charge in [0.05, 0.1) is 0 Å². The van der Waals surface area contributed by atoms with Crippen LogP contribution in [0.5, 0.6) is 0 Å². The number of benzene rings is 2. The van der Waals surface area contributed by atoms with E-state index < -0.39 is 0 Å². The molecule has 4 nitrogen and oxygen atoms in total. The zero-order valence-corrected chi connectivity index (χ0v) is 14.1. The molecular formula is C18H20N2O2S. The van der Waals surface area contributed by atoms with Gasteiger partial charge in [-0.3, -0.25) is 9.59 Å². The van der Waals surface area contributed by atoms with Crippen LogP contribution in [0.15, 0.2) is 53.4 Å². The standard InChI is InChI=1S/C18H20N2O2S/c1-13-6-3-4-9-16(13)18(22)19-11-10-17(21)20-14-7-5-8-15(12-14)23-2/h3-9,12H,10-11H2,1-2H3,(H,19,22)(H,20,21). The Morgan fingerprint density at radius 3 is 2.61 bits per heavy atom. The lowest BCUT2D eigenvalue weighted by molar-refractivity contribution is -0.116. The van der Waals surface area contributed by atoms with Crippen LogP contribution in [0.4, 0.5) is 5.69 Å². The van der Waals surface area contributed by atoms with Crippen LogP contribution >= 0.6 is 11.8 Å². The first kappa shape index (κ1) is 17.1. The number of rotatable bonds is 6. The topological polar surface area (TPSA) is 58.2 Å². The van der Waals surface area contributed by atoms with E-state index in [0.717, 1.165) is 16.1 Å². The monoisotopic (exact) mass is 328 g/mol. The van der Waals surface area contributed by atoms with Crippen LogP contribution in [-0.4, -0.2) is 24.6 Å². The minimum atomic E-state index is -0.153. The van der Waals surface area contributed by atoms with E-state index in [-0.39, 0.29) is 18.2 Å². The summed E-state index contributed by atoms with van der Waals surface area (Å²) in [7, 11) is 0. The number of nitrogens with one attached hydrogen (secondary N) is 2. The van der Waals surface area contributed by atoms with Crippen molar-refractivity contribution in [2.45, 2.75) is 18.2 Å². The molecule has 23 heavy (non-hydrogen) atoms. The highest BCUT2D eigenvalue weighted by Gasteiger charge is 2.09. The van der Waals surface area contributed by atoms with Gasteiger partial charge < -0.3 is 10.6 Å². The van der Waals surface area contributed by atoms with Crippen LogP contribution in [0.25, 0.3) is 0 Å². The molecule has 0 aromatic heterocycles. The maximum Gasteiger partial charge on any atom is 0.251 e. The largest absolute Gasteiger partial charge is 0.352 e. The third kappa shape index (κ3) is 5.14. The molecule has 0 unspecified atom stereocenters. The first-order chi connectivity index (χ1) is 11.1. The Balaban J connectivity index is 1.80. The quantitative estimate of drug-likeness (QED) is 0.798. The van der Waals surface area contributed by atoms with Gasteiger partial charge in [-0.15, -0.1) is 11.8 Å². The second-order valence-corrected chi connectivity index (χ2v) is 5.98. The molecule has 120 valence electrons. The zero-order valence-electron chi connectivity index (χ0n) is 13.3. The lowest BCUT2D eigenvalue weighted by atomic mass is 10.1. The summed E-state index contributed by atoms with van der Waals surface area (Å²) >= 11 is 1.62. The molecule has 2 N–H and O–H groups in total. The van der Waals surface area contributed by atoms with Crippen molar-refractivity contribution >= 4 is 29.3 Å². The van der Waals surface area contributed by atoms with Crippen molar-refractivity contribution in [3.8, 4) is 0 Å². The van der Waals surface area contributed by atoms with E-state index in [9.17, 15) is 9.59 Å². The van der Waals surface area contributed by atoms with Crippen molar-refractivity contribution in [3.05, 3.63) is 59.7 Å². The fourth-order valence-electron chi connectivity index (χ4n) is 2.14. The molecule has 2 amide bonds. The van der Waals surface area contributed by atoms with Gasteiger partial charge in [-0.05, 0) is 43.0 Å². The van der Waals surface area contributed by atoms with Gasteiger partial charge in [0.2, 0.25) is 5.91 Å². The van der Waals surface area contributed by atoms with E-state index >= 15 is 0 Å². The Labute approximate surface area is 140 Å². The summed E-state index contributed by atoms with van der Waals surface area (Å²) in [6, 6.07) is 15.1. The molecule has 0 aliphatic heterocycles. The molecular weight excluding hydrogens is 308 g/mol. The Hall–Kier alpha value is -2.27. The van der Waals surface area contributed by atoms with Gasteiger partial charge in [0, 0.05) is 29.1 Å². The van der Waals surface area contributed by atoms with Gasteiger partial charge in [-0.2, -0.15) is 0 Å². The molecule has 0 spiro atoms. The van der Waals surface area contributed by atoms with Crippen LogP contribution < -0.4 is 10.6 Å². The fraction of sp³-hybridized carbons (Fsp3) is 0.222. The molecule has 2 rings (SSSR count). The molecule has 0 saturated heterocycles. The second kappa shape index (κ2) is 8.39. The van der Waals surface area contributed by atoms with Crippen LogP contribution in [-0.2, 0) is 4.79 Å². The number of thioether (sulfide) groups is 1.